The van der Waals surface area contributed by atoms with E-state index in [9.17, 15) is 4.79 Å². The van der Waals surface area contributed by atoms with Crippen molar-refractivity contribution in [1.82, 2.24) is 4.90 Å². The minimum absolute atomic E-state index is 0.105. The molecule has 0 aromatic heterocycles. The smallest absolute Gasteiger partial charge is 0.255 e. The minimum Gasteiger partial charge on any atom is -0.398 e. The molecule has 2 N–H and O–H groups in total. The molecular weight excluding hydrogens is 320 g/mol. The third-order valence-corrected chi connectivity index (χ3v) is 5.52. The van der Waals surface area contributed by atoms with E-state index in [1.807, 2.05) is 24.3 Å². The van der Waals surface area contributed by atoms with Crippen LogP contribution >= 0.6 is 0 Å². The Labute approximate surface area is 161 Å². The Morgan fingerprint density at radius 1 is 0.923 bits per heavy atom. The summed E-state index contributed by atoms with van der Waals surface area (Å²) in [6, 6.07) is 7.49. The molecule has 2 atom stereocenters. The van der Waals surface area contributed by atoms with Crippen LogP contribution in [0.25, 0.3) is 0 Å². The number of unbranched alkanes of at least 4 members (excludes halogenated alkanes) is 2. The number of rotatable bonds is 13. The van der Waals surface area contributed by atoms with Crippen LogP contribution in [-0.4, -0.2) is 23.9 Å². The number of carbonyl (C=O) groups excluding carboxylic acids is 1. The molecule has 3 heteroatoms. The van der Waals surface area contributed by atoms with Gasteiger partial charge in [0.1, 0.15) is 0 Å². The molecule has 3 nitrogen and oxygen atoms in total. The maximum absolute atomic E-state index is 13.3. The molecule has 1 amide bonds. The fourth-order valence-electron chi connectivity index (χ4n) is 3.56. The van der Waals surface area contributed by atoms with E-state index < -0.39 is 0 Å². The van der Waals surface area contributed by atoms with Crippen LogP contribution in [0.2, 0.25) is 0 Å². The van der Waals surface area contributed by atoms with Gasteiger partial charge in [-0.25, -0.2) is 0 Å². The molecule has 0 aliphatic rings. The van der Waals surface area contributed by atoms with Crippen LogP contribution in [0.15, 0.2) is 24.3 Å². The highest BCUT2D eigenvalue weighted by molar-refractivity contribution is 5.99. The number of amides is 1. The summed E-state index contributed by atoms with van der Waals surface area (Å²) in [6.45, 7) is 10.7. The van der Waals surface area contributed by atoms with Crippen molar-refractivity contribution in [3.8, 4) is 0 Å². The number of anilines is 1. The zero-order valence-corrected chi connectivity index (χ0v) is 17.5. The van der Waals surface area contributed by atoms with E-state index >= 15 is 0 Å². The molecule has 26 heavy (non-hydrogen) atoms. The number of para-hydroxylation sites is 1. The topological polar surface area (TPSA) is 46.3 Å². The predicted octanol–water partition coefficient (Wildman–Crippen LogP) is 6.14. The van der Waals surface area contributed by atoms with Crippen LogP contribution in [0.4, 0.5) is 5.69 Å². The first-order chi connectivity index (χ1) is 12.6. The standard InChI is InChI=1S/C23H40N2O/c1-5-9-13-19(7-3)17-25(18-20(8-4)14-10-6-2)23(26)21-15-11-12-16-22(21)24/h11-12,15-16,19-20H,5-10,13-14,17-18,24H2,1-4H3. The largest absolute Gasteiger partial charge is 0.398 e. The van der Waals surface area contributed by atoms with Crippen LogP contribution in [0, 0.1) is 11.8 Å². The number of nitrogens with zero attached hydrogens (tertiary/aromatic N) is 1. The lowest BCUT2D eigenvalue weighted by atomic mass is 9.95. The number of hydrogen-bond acceptors (Lipinski definition) is 2. The highest BCUT2D eigenvalue weighted by atomic mass is 16.2. The van der Waals surface area contributed by atoms with Gasteiger partial charge >= 0.3 is 0 Å². The summed E-state index contributed by atoms with van der Waals surface area (Å²) in [5.74, 6) is 1.26. The Morgan fingerprint density at radius 2 is 1.42 bits per heavy atom. The summed E-state index contributed by atoms with van der Waals surface area (Å²) in [6.07, 6.45) is 9.55. The summed E-state index contributed by atoms with van der Waals surface area (Å²) >= 11 is 0. The summed E-state index contributed by atoms with van der Waals surface area (Å²) in [7, 11) is 0. The second-order valence-corrected chi connectivity index (χ2v) is 7.63. The van der Waals surface area contributed by atoms with Crippen molar-refractivity contribution in [2.75, 3.05) is 18.8 Å². The summed E-state index contributed by atoms with van der Waals surface area (Å²) in [5.41, 5.74) is 7.34. The molecule has 1 aromatic rings. The van der Waals surface area contributed by atoms with E-state index in [0.717, 1.165) is 25.9 Å². The maximum atomic E-state index is 13.3. The first kappa shape index (κ1) is 22.5. The van der Waals surface area contributed by atoms with Gasteiger partial charge in [-0.1, -0.05) is 78.4 Å². The SMILES string of the molecule is CCCCC(CC)CN(CC(CC)CCCC)C(=O)c1ccccc1N. The Balaban J connectivity index is 2.95. The van der Waals surface area contributed by atoms with Crippen LogP contribution in [0.5, 0.6) is 0 Å². The van der Waals surface area contributed by atoms with Crippen molar-refractivity contribution < 1.29 is 4.79 Å². The zero-order valence-electron chi connectivity index (χ0n) is 17.5. The van der Waals surface area contributed by atoms with Crippen molar-refractivity contribution in [2.45, 2.75) is 79.1 Å². The minimum atomic E-state index is 0.105. The van der Waals surface area contributed by atoms with E-state index in [2.05, 4.69) is 32.6 Å². The normalized spacial score (nSPS) is 13.4. The molecule has 2 unspecified atom stereocenters. The van der Waals surface area contributed by atoms with E-state index in [1.54, 1.807) is 0 Å². The second-order valence-electron chi connectivity index (χ2n) is 7.63. The molecule has 0 spiro atoms. The van der Waals surface area contributed by atoms with Crippen molar-refractivity contribution in [1.29, 1.82) is 0 Å². The van der Waals surface area contributed by atoms with Gasteiger partial charge < -0.3 is 10.6 Å². The van der Waals surface area contributed by atoms with Crippen molar-refractivity contribution in [2.24, 2.45) is 11.8 Å². The van der Waals surface area contributed by atoms with Gasteiger partial charge in [-0.3, -0.25) is 4.79 Å². The molecule has 0 aliphatic carbocycles. The van der Waals surface area contributed by atoms with E-state index in [4.69, 9.17) is 5.73 Å². The molecule has 148 valence electrons. The molecule has 1 aromatic carbocycles. The van der Waals surface area contributed by atoms with E-state index in [0.29, 0.717) is 23.1 Å². The van der Waals surface area contributed by atoms with Gasteiger partial charge in [-0.05, 0) is 36.8 Å². The number of benzene rings is 1. The summed E-state index contributed by atoms with van der Waals surface area (Å²) < 4.78 is 0. The summed E-state index contributed by atoms with van der Waals surface area (Å²) in [4.78, 5) is 15.4. The Bertz CT molecular complexity index is 497. The summed E-state index contributed by atoms with van der Waals surface area (Å²) in [5, 5.41) is 0. The molecule has 0 saturated carbocycles. The van der Waals surface area contributed by atoms with Crippen LogP contribution in [0.1, 0.15) is 89.4 Å². The lowest BCUT2D eigenvalue weighted by molar-refractivity contribution is 0.0686. The molecule has 0 aliphatic heterocycles. The number of carbonyl (C=O) groups is 1. The van der Waals surface area contributed by atoms with Gasteiger partial charge in [0.15, 0.2) is 0 Å². The third-order valence-electron chi connectivity index (χ3n) is 5.52. The number of nitrogens with two attached hydrogens (primary N) is 1. The van der Waals surface area contributed by atoms with Crippen molar-refractivity contribution in [3.05, 3.63) is 29.8 Å². The van der Waals surface area contributed by atoms with Crippen LogP contribution in [-0.2, 0) is 0 Å². The molecular formula is C23H40N2O. The highest BCUT2D eigenvalue weighted by Crippen LogP contribution is 2.22. The zero-order chi connectivity index (χ0) is 19.4. The van der Waals surface area contributed by atoms with Crippen molar-refractivity contribution in [3.63, 3.8) is 0 Å². The highest BCUT2D eigenvalue weighted by Gasteiger charge is 2.23. The van der Waals surface area contributed by atoms with Gasteiger partial charge in [-0.2, -0.15) is 0 Å². The Kier molecular flexibility index (Phi) is 11.1. The quantitative estimate of drug-likeness (QED) is 0.429. The fourth-order valence-corrected chi connectivity index (χ4v) is 3.56. The van der Waals surface area contributed by atoms with Gasteiger partial charge in [0, 0.05) is 18.8 Å². The third kappa shape index (κ3) is 7.39. The molecule has 0 fully saturated rings. The first-order valence-corrected chi connectivity index (χ1v) is 10.7. The van der Waals surface area contributed by atoms with Gasteiger partial charge in [0.05, 0.1) is 5.56 Å². The van der Waals surface area contributed by atoms with E-state index in [-0.39, 0.29) is 5.91 Å². The average molecular weight is 361 g/mol. The number of nitrogen functional groups attached to an aromatic ring is 1. The average Bonchev–Trinajstić information content (AvgIpc) is 2.66. The monoisotopic (exact) mass is 360 g/mol. The first-order valence-electron chi connectivity index (χ1n) is 10.7. The molecule has 1 rings (SSSR count). The lowest BCUT2D eigenvalue weighted by Crippen LogP contribution is -2.39. The lowest BCUT2D eigenvalue weighted by Gasteiger charge is -2.31. The van der Waals surface area contributed by atoms with Crippen LogP contribution < -0.4 is 5.73 Å². The molecule has 0 radical (unpaired) electrons. The van der Waals surface area contributed by atoms with Crippen LogP contribution in [0.3, 0.4) is 0 Å². The predicted molar refractivity (Wildman–Crippen MR) is 113 cm³/mol. The maximum Gasteiger partial charge on any atom is 0.255 e. The molecule has 0 saturated heterocycles. The second kappa shape index (κ2) is 12.8. The Morgan fingerprint density at radius 3 is 1.85 bits per heavy atom. The Hall–Kier alpha value is -1.51. The van der Waals surface area contributed by atoms with Gasteiger partial charge in [0.25, 0.3) is 5.91 Å². The molecule has 0 bridgehead atoms. The van der Waals surface area contributed by atoms with Crippen molar-refractivity contribution >= 4 is 11.6 Å². The van der Waals surface area contributed by atoms with Gasteiger partial charge in [0.2, 0.25) is 0 Å². The molecule has 0 heterocycles. The van der Waals surface area contributed by atoms with E-state index in [1.165, 1.54) is 38.5 Å². The fraction of sp³-hybridized carbons (Fsp3) is 0.696. The van der Waals surface area contributed by atoms with Gasteiger partial charge in [-0.15, -0.1) is 0 Å². The number of hydrogen-bond donors (Lipinski definition) is 1.